The van der Waals surface area contributed by atoms with E-state index in [1.54, 1.807) is 43.3 Å². The van der Waals surface area contributed by atoms with E-state index in [-0.39, 0.29) is 73.4 Å². The molecule has 0 aliphatic rings. The molecular weight excluding hydrogens is 582 g/mol. The number of benzene rings is 3. The Balaban J connectivity index is 0.00000441. The number of nitrogens with one attached hydrogen (secondary N) is 1. The molecule has 0 saturated carbocycles. The second-order valence-corrected chi connectivity index (χ2v) is 9.23. The maximum Gasteiger partial charge on any atom is 2.00 e. The Labute approximate surface area is 259 Å². The fourth-order valence-electron chi connectivity index (χ4n) is 4.19. The standard InChI is InChI=1S/C28H20ClF4NO5.Ca/c1-14-9-23-18(12-21(14)29)26(16-4-2-3-15(10-16)5-8-25(36)37)19(27(38)39-23)13-24(35)34-22-7-6-17(30)11-20(22)28(31,32)33;/h2-4,6-7,9-12H,5,8,13H2,1H3,(H,34,35)(H,36,37);/q;+2/p-1. The average Bonchev–Trinajstić information content (AvgIpc) is 2.85. The van der Waals surface area contributed by atoms with Crippen LogP contribution in [0.15, 0.2) is 63.8 Å². The van der Waals surface area contributed by atoms with Gasteiger partial charge in [-0.2, -0.15) is 13.2 Å². The molecule has 4 aromatic rings. The van der Waals surface area contributed by atoms with Gasteiger partial charge in [-0.15, -0.1) is 0 Å². The predicted octanol–water partition coefficient (Wildman–Crippen LogP) is 5.06. The maximum atomic E-state index is 13.5. The third kappa shape index (κ3) is 7.23. The molecule has 0 unspecified atom stereocenters. The zero-order valence-electron chi connectivity index (χ0n) is 21.0. The van der Waals surface area contributed by atoms with Crippen LogP contribution in [0, 0.1) is 12.7 Å². The quantitative estimate of drug-likeness (QED) is 0.182. The molecule has 1 amide bonds. The Hall–Kier alpha value is -2.92. The molecule has 0 aliphatic heterocycles. The molecule has 0 atom stereocenters. The predicted molar refractivity (Wildman–Crippen MR) is 140 cm³/mol. The summed E-state index contributed by atoms with van der Waals surface area (Å²) in [6.07, 6.45) is -5.74. The SMILES string of the molecule is Cc1cc2oc(=O)c(CC(=O)Nc3ccc(F)cc3C(F)(F)F)c(-c3cccc(CCC(=O)[O-])c3)c2cc1Cl.[Ca+2]. The number of carboxylic acid groups (broad SMARTS) is 1. The van der Waals surface area contributed by atoms with Crippen molar-refractivity contribution in [2.75, 3.05) is 5.32 Å². The number of carbonyl (C=O) groups is 2. The van der Waals surface area contributed by atoms with E-state index in [0.717, 1.165) is 12.1 Å². The number of hydrogen-bond acceptors (Lipinski definition) is 5. The number of carboxylic acids is 1. The Morgan fingerprint density at radius 2 is 1.80 bits per heavy atom. The van der Waals surface area contributed by atoms with Crippen LogP contribution in [-0.2, 0) is 28.6 Å². The summed E-state index contributed by atoms with van der Waals surface area (Å²) >= 11 is 6.33. The molecular formula is C28H19CaClF4NO5+. The number of aliphatic carboxylic acids is 1. The Morgan fingerprint density at radius 1 is 1.07 bits per heavy atom. The van der Waals surface area contributed by atoms with E-state index in [2.05, 4.69) is 5.32 Å². The van der Waals surface area contributed by atoms with Gasteiger partial charge in [0.15, 0.2) is 0 Å². The van der Waals surface area contributed by atoms with Gasteiger partial charge in [-0.25, -0.2) is 9.18 Å². The summed E-state index contributed by atoms with van der Waals surface area (Å²) in [5, 5.41) is 13.7. The van der Waals surface area contributed by atoms with Crippen molar-refractivity contribution < 1.29 is 36.7 Å². The summed E-state index contributed by atoms with van der Waals surface area (Å²) in [5.74, 6) is -3.36. The number of aryl methyl sites for hydroxylation is 2. The van der Waals surface area contributed by atoms with E-state index in [4.69, 9.17) is 16.0 Å². The van der Waals surface area contributed by atoms with Gasteiger partial charge in [-0.3, -0.25) is 4.79 Å². The number of fused-ring (bicyclic) bond motifs is 1. The monoisotopic (exact) mass is 600 g/mol. The molecule has 0 radical (unpaired) electrons. The van der Waals surface area contributed by atoms with E-state index < -0.39 is 47.2 Å². The van der Waals surface area contributed by atoms with Gasteiger partial charge >= 0.3 is 49.5 Å². The molecule has 40 heavy (non-hydrogen) atoms. The van der Waals surface area contributed by atoms with Crippen LogP contribution in [0.4, 0.5) is 23.2 Å². The van der Waals surface area contributed by atoms with Crippen molar-refractivity contribution in [1.82, 2.24) is 0 Å². The second-order valence-electron chi connectivity index (χ2n) is 8.83. The topological polar surface area (TPSA) is 99.4 Å². The van der Waals surface area contributed by atoms with Crippen LogP contribution in [0.2, 0.25) is 5.02 Å². The van der Waals surface area contributed by atoms with Crippen molar-refractivity contribution in [3.8, 4) is 11.1 Å². The molecule has 1 heterocycles. The molecule has 0 fully saturated rings. The summed E-state index contributed by atoms with van der Waals surface area (Å²) in [7, 11) is 0. The number of halogens is 5. The molecule has 202 valence electrons. The first-order valence-electron chi connectivity index (χ1n) is 11.5. The number of alkyl halides is 3. The van der Waals surface area contributed by atoms with Gasteiger partial charge in [0.1, 0.15) is 11.4 Å². The van der Waals surface area contributed by atoms with Crippen LogP contribution in [-0.4, -0.2) is 49.6 Å². The van der Waals surface area contributed by atoms with Crippen LogP contribution in [0.25, 0.3) is 22.1 Å². The Morgan fingerprint density at radius 3 is 2.48 bits per heavy atom. The smallest absolute Gasteiger partial charge is 0.550 e. The number of carbonyl (C=O) groups excluding carboxylic acids is 2. The van der Waals surface area contributed by atoms with E-state index in [9.17, 15) is 37.1 Å². The molecule has 12 heteroatoms. The van der Waals surface area contributed by atoms with Gasteiger partial charge in [0, 0.05) is 21.9 Å². The summed E-state index contributed by atoms with van der Waals surface area (Å²) < 4.78 is 59.2. The second kappa shape index (κ2) is 12.7. The van der Waals surface area contributed by atoms with E-state index in [1.807, 2.05) is 0 Å². The van der Waals surface area contributed by atoms with Crippen molar-refractivity contribution >= 4 is 77.9 Å². The molecule has 0 bridgehead atoms. The zero-order valence-corrected chi connectivity index (χ0v) is 23.9. The number of anilines is 1. The molecule has 0 spiro atoms. The minimum Gasteiger partial charge on any atom is -0.550 e. The van der Waals surface area contributed by atoms with Gasteiger partial charge < -0.3 is 19.6 Å². The molecule has 0 aliphatic carbocycles. The summed E-state index contributed by atoms with van der Waals surface area (Å²) in [5.41, 5.74) is -1.05. The zero-order chi connectivity index (χ0) is 28.5. The van der Waals surface area contributed by atoms with Gasteiger partial charge in [0.2, 0.25) is 5.91 Å². The summed E-state index contributed by atoms with van der Waals surface area (Å²) in [6, 6.07) is 11.5. The molecule has 3 aromatic carbocycles. The Bertz CT molecular complexity index is 1670. The van der Waals surface area contributed by atoms with Crippen LogP contribution in [0.3, 0.4) is 0 Å². The van der Waals surface area contributed by atoms with Gasteiger partial charge in [-0.1, -0.05) is 35.9 Å². The van der Waals surface area contributed by atoms with Crippen molar-refractivity contribution in [3.63, 3.8) is 0 Å². The first-order valence-corrected chi connectivity index (χ1v) is 11.9. The summed E-state index contributed by atoms with van der Waals surface area (Å²) in [4.78, 5) is 37.0. The third-order valence-corrected chi connectivity index (χ3v) is 6.42. The average molecular weight is 601 g/mol. The first-order chi connectivity index (χ1) is 18.3. The maximum absolute atomic E-state index is 13.5. The third-order valence-electron chi connectivity index (χ3n) is 6.01. The van der Waals surface area contributed by atoms with Gasteiger partial charge in [-0.05, 0) is 66.8 Å². The van der Waals surface area contributed by atoms with Crippen molar-refractivity contribution in [2.24, 2.45) is 0 Å². The van der Waals surface area contributed by atoms with E-state index >= 15 is 0 Å². The minimum atomic E-state index is -4.95. The van der Waals surface area contributed by atoms with Crippen molar-refractivity contribution in [1.29, 1.82) is 0 Å². The van der Waals surface area contributed by atoms with Crippen LogP contribution < -0.4 is 16.0 Å². The molecule has 6 nitrogen and oxygen atoms in total. The molecule has 4 rings (SSSR count). The molecule has 1 aromatic heterocycles. The van der Waals surface area contributed by atoms with E-state index in [0.29, 0.717) is 27.1 Å². The van der Waals surface area contributed by atoms with Crippen LogP contribution >= 0.6 is 11.6 Å². The number of amides is 1. The Kier molecular flexibility index (Phi) is 10.1. The largest absolute Gasteiger partial charge is 2.00 e. The van der Waals surface area contributed by atoms with Crippen molar-refractivity contribution in [2.45, 2.75) is 32.4 Å². The van der Waals surface area contributed by atoms with Gasteiger partial charge in [0.05, 0.1) is 23.2 Å². The van der Waals surface area contributed by atoms with Crippen LogP contribution in [0.5, 0.6) is 0 Å². The first kappa shape index (κ1) is 31.6. The van der Waals surface area contributed by atoms with Crippen LogP contribution in [0.1, 0.15) is 28.7 Å². The fraction of sp³-hybridized carbons (Fsp3) is 0.179. The summed E-state index contributed by atoms with van der Waals surface area (Å²) in [6.45, 7) is 1.70. The van der Waals surface area contributed by atoms with Crippen molar-refractivity contribution in [3.05, 3.63) is 98.1 Å². The van der Waals surface area contributed by atoms with E-state index in [1.165, 1.54) is 0 Å². The normalized spacial score (nSPS) is 11.2. The number of hydrogen-bond donors (Lipinski definition) is 1. The fourth-order valence-corrected chi connectivity index (χ4v) is 4.36. The number of rotatable bonds is 7. The molecule has 0 saturated heterocycles. The van der Waals surface area contributed by atoms with Gasteiger partial charge in [0.25, 0.3) is 0 Å². The minimum absolute atomic E-state index is 0. The molecule has 1 N–H and O–H groups in total.